The molecule has 0 saturated heterocycles. The van der Waals surface area contributed by atoms with E-state index in [9.17, 15) is 18.8 Å². The van der Waals surface area contributed by atoms with Gasteiger partial charge in [-0.2, -0.15) is 5.26 Å². The van der Waals surface area contributed by atoms with E-state index in [4.69, 9.17) is 16.6 Å². The van der Waals surface area contributed by atoms with Crippen LogP contribution in [0.5, 0.6) is 0 Å². The molecule has 0 saturated carbocycles. The summed E-state index contributed by atoms with van der Waals surface area (Å²) < 4.78 is 25.3. The summed E-state index contributed by atoms with van der Waals surface area (Å²) in [5.41, 5.74) is 5.34. The third-order valence-corrected chi connectivity index (χ3v) is 8.73. The number of rotatable bonds is 9. The molecule has 3 aromatic carbocycles. The summed E-state index contributed by atoms with van der Waals surface area (Å²) >= 11 is 7.06. The van der Waals surface area contributed by atoms with Gasteiger partial charge in [-0.15, -0.1) is 11.8 Å². The molecule has 0 bridgehead atoms. The molecule has 1 atom stereocenters. The minimum absolute atomic E-state index is 0.0765. The van der Waals surface area contributed by atoms with Gasteiger partial charge in [-0.3, -0.25) is 0 Å². The normalized spacial score (nSPS) is 12.2. The summed E-state index contributed by atoms with van der Waals surface area (Å²) in [4.78, 5) is 4.74. The molecule has 0 aliphatic rings. The first-order valence-electron chi connectivity index (χ1n) is 11.6. The maximum Gasteiger partial charge on any atom is 0.157 e. The van der Waals surface area contributed by atoms with E-state index in [2.05, 4.69) is 6.07 Å². The molecule has 1 N–H and O–H groups in total. The Balaban J connectivity index is 1.59. The molecular weight excluding hydrogens is 524 g/mol. The molecule has 0 fully saturated rings. The van der Waals surface area contributed by atoms with Crippen molar-refractivity contribution in [1.29, 1.82) is 5.26 Å². The molecule has 0 aliphatic carbocycles. The van der Waals surface area contributed by atoms with E-state index in [0.717, 1.165) is 22.3 Å². The summed E-state index contributed by atoms with van der Waals surface area (Å²) in [6.45, 7) is 2.01. The SMILES string of the molecule is Cc1ccc(-c2cc(-c3ccccc3)c(C#N)c(SCC(O)CS(=O)(=O)Cc3ccc(Cl)cc3)n2)cc1. The van der Waals surface area contributed by atoms with E-state index >= 15 is 0 Å². The second-order valence-electron chi connectivity index (χ2n) is 8.72. The number of sulfone groups is 1. The zero-order valence-electron chi connectivity index (χ0n) is 20.1. The van der Waals surface area contributed by atoms with E-state index in [-0.39, 0.29) is 11.5 Å². The van der Waals surface area contributed by atoms with Crippen LogP contribution in [0.3, 0.4) is 0 Å². The first kappa shape index (κ1) is 26.9. The maximum atomic E-state index is 12.7. The van der Waals surface area contributed by atoms with Crippen LogP contribution in [0.25, 0.3) is 22.4 Å². The molecule has 0 spiro atoms. The van der Waals surface area contributed by atoms with Gasteiger partial charge in [-0.25, -0.2) is 13.4 Å². The smallest absolute Gasteiger partial charge is 0.157 e. The number of aromatic nitrogens is 1. The quantitative estimate of drug-likeness (QED) is 0.246. The largest absolute Gasteiger partial charge is 0.391 e. The minimum Gasteiger partial charge on any atom is -0.391 e. The highest BCUT2D eigenvalue weighted by atomic mass is 35.5. The summed E-state index contributed by atoms with van der Waals surface area (Å²) in [5, 5.41) is 21.6. The van der Waals surface area contributed by atoms with E-state index in [1.165, 1.54) is 11.8 Å². The topological polar surface area (TPSA) is 91.0 Å². The monoisotopic (exact) mass is 548 g/mol. The Hall–Kier alpha value is -3.15. The molecule has 4 rings (SSSR count). The van der Waals surface area contributed by atoms with Crippen molar-refractivity contribution in [2.24, 2.45) is 0 Å². The number of hydrogen-bond acceptors (Lipinski definition) is 6. The molecule has 1 aromatic heterocycles. The fraction of sp³-hybridized carbons (Fsp3) is 0.172. The fourth-order valence-electron chi connectivity index (χ4n) is 3.86. The van der Waals surface area contributed by atoms with Crippen molar-refractivity contribution in [1.82, 2.24) is 4.98 Å². The lowest BCUT2D eigenvalue weighted by molar-refractivity contribution is 0.222. The predicted octanol–water partition coefficient (Wildman–Crippen LogP) is 6.32. The molecule has 0 aliphatic heterocycles. The number of thioether (sulfide) groups is 1. The van der Waals surface area contributed by atoms with Crippen LogP contribution in [0.4, 0.5) is 0 Å². The fourth-order valence-corrected chi connectivity index (χ4v) is 6.59. The van der Waals surface area contributed by atoms with Gasteiger partial charge in [0.15, 0.2) is 9.84 Å². The number of halogens is 1. The third kappa shape index (κ3) is 7.21. The lowest BCUT2D eigenvalue weighted by atomic mass is 9.99. The van der Waals surface area contributed by atoms with Crippen LogP contribution < -0.4 is 0 Å². The molecule has 5 nitrogen and oxygen atoms in total. The molecule has 0 amide bonds. The van der Waals surface area contributed by atoms with Crippen LogP contribution in [-0.4, -0.2) is 36.1 Å². The van der Waals surface area contributed by atoms with E-state index in [1.54, 1.807) is 24.3 Å². The lowest BCUT2D eigenvalue weighted by Gasteiger charge is -2.15. The Bertz CT molecular complexity index is 1520. The second kappa shape index (κ2) is 11.9. The molecule has 188 valence electrons. The zero-order valence-corrected chi connectivity index (χ0v) is 22.5. The molecular formula is C29H25ClN2O3S2. The number of aliphatic hydroxyl groups excluding tert-OH is 1. The van der Waals surface area contributed by atoms with Gasteiger partial charge in [-0.05, 0) is 36.2 Å². The Morgan fingerprint density at radius 3 is 2.32 bits per heavy atom. The van der Waals surface area contributed by atoms with Gasteiger partial charge in [-0.1, -0.05) is 83.9 Å². The number of aryl methyl sites for hydroxylation is 1. The molecule has 1 heterocycles. The zero-order chi connectivity index (χ0) is 26.4. The average molecular weight is 549 g/mol. The van der Waals surface area contributed by atoms with Gasteiger partial charge in [0.1, 0.15) is 11.1 Å². The van der Waals surface area contributed by atoms with Crippen molar-refractivity contribution >= 4 is 33.2 Å². The highest BCUT2D eigenvalue weighted by Crippen LogP contribution is 2.34. The highest BCUT2D eigenvalue weighted by molar-refractivity contribution is 7.99. The van der Waals surface area contributed by atoms with Crippen LogP contribution in [0.15, 0.2) is 90.0 Å². The van der Waals surface area contributed by atoms with Gasteiger partial charge >= 0.3 is 0 Å². The first-order chi connectivity index (χ1) is 17.7. The van der Waals surface area contributed by atoms with Crippen molar-refractivity contribution in [2.75, 3.05) is 11.5 Å². The summed E-state index contributed by atoms with van der Waals surface area (Å²) in [6, 6.07) is 28.3. The van der Waals surface area contributed by atoms with E-state index in [0.29, 0.717) is 26.9 Å². The van der Waals surface area contributed by atoms with Crippen molar-refractivity contribution in [3.8, 4) is 28.5 Å². The Kier molecular flexibility index (Phi) is 8.67. The molecule has 4 aromatic rings. The van der Waals surface area contributed by atoms with Gasteiger partial charge in [0.2, 0.25) is 0 Å². The van der Waals surface area contributed by atoms with Gasteiger partial charge < -0.3 is 5.11 Å². The summed E-state index contributed by atoms with van der Waals surface area (Å²) in [6.07, 6.45) is -1.13. The van der Waals surface area contributed by atoms with Crippen molar-refractivity contribution in [2.45, 2.75) is 23.8 Å². The third-order valence-electron chi connectivity index (χ3n) is 5.69. The number of aliphatic hydroxyl groups is 1. The maximum absolute atomic E-state index is 12.7. The van der Waals surface area contributed by atoms with Gasteiger partial charge in [0.25, 0.3) is 0 Å². The van der Waals surface area contributed by atoms with Crippen LogP contribution >= 0.6 is 23.4 Å². The van der Waals surface area contributed by atoms with Crippen molar-refractivity contribution in [3.63, 3.8) is 0 Å². The van der Waals surface area contributed by atoms with Crippen LogP contribution in [0, 0.1) is 18.3 Å². The highest BCUT2D eigenvalue weighted by Gasteiger charge is 2.21. The Morgan fingerprint density at radius 1 is 1.00 bits per heavy atom. The number of benzene rings is 3. The lowest BCUT2D eigenvalue weighted by Crippen LogP contribution is -2.24. The van der Waals surface area contributed by atoms with Gasteiger partial charge in [0.05, 0.1) is 28.9 Å². The van der Waals surface area contributed by atoms with Crippen molar-refractivity contribution in [3.05, 3.63) is 107 Å². The van der Waals surface area contributed by atoms with E-state index in [1.807, 2.05) is 67.6 Å². The Labute approximate surface area is 226 Å². The summed E-state index contributed by atoms with van der Waals surface area (Å²) in [5.74, 6) is -0.504. The van der Waals surface area contributed by atoms with Crippen LogP contribution in [0.2, 0.25) is 5.02 Å². The van der Waals surface area contributed by atoms with Gasteiger partial charge in [0, 0.05) is 21.9 Å². The second-order valence-corrected chi connectivity index (χ2v) is 12.3. The number of hydrogen-bond donors (Lipinski definition) is 1. The number of nitriles is 1. The van der Waals surface area contributed by atoms with E-state index < -0.39 is 21.7 Å². The first-order valence-corrected chi connectivity index (χ1v) is 14.8. The van der Waals surface area contributed by atoms with Crippen LogP contribution in [0.1, 0.15) is 16.7 Å². The molecule has 8 heteroatoms. The molecule has 37 heavy (non-hydrogen) atoms. The minimum atomic E-state index is -3.57. The predicted molar refractivity (Wildman–Crippen MR) is 150 cm³/mol. The van der Waals surface area contributed by atoms with Crippen molar-refractivity contribution < 1.29 is 13.5 Å². The van der Waals surface area contributed by atoms with Crippen LogP contribution in [-0.2, 0) is 15.6 Å². The average Bonchev–Trinajstić information content (AvgIpc) is 2.88. The number of nitrogens with zero attached hydrogens (tertiary/aromatic N) is 2. The number of pyridine rings is 1. The standard InChI is InChI=1S/C29H25ClN2O3S2/c1-20-7-11-23(12-8-20)28-15-26(22-5-3-2-4-6-22)27(16-31)29(32-28)36-17-25(33)19-37(34,35)18-21-9-13-24(30)14-10-21/h2-15,25,33H,17-19H2,1H3. The molecule has 1 unspecified atom stereocenters. The Morgan fingerprint density at radius 2 is 1.68 bits per heavy atom. The molecule has 0 radical (unpaired) electrons. The summed E-state index contributed by atoms with van der Waals surface area (Å²) in [7, 11) is -3.57.